The maximum Gasteiger partial charge on any atom is 0.160 e. The first-order valence-corrected chi connectivity index (χ1v) is 16.7. The third-order valence-corrected chi connectivity index (χ3v) is 10.3. The van der Waals surface area contributed by atoms with Crippen LogP contribution < -0.4 is 0 Å². The van der Waals surface area contributed by atoms with Crippen molar-refractivity contribution in [3.8, 4) is 56.4 Å². The summed E-state index contributed by atoms with van der Waals surface area (Å²) < 4.78 is 0. The van der Waals surface area contributed by atoms with Gasteiger partial charge in [-0.1, -0.05) is 129 Å². The first-order chi connectivity index (χ1) is 24.0. The van der Waals surface area contributed by atoms with Crippen molar-refractivity contribution in [3.05, 3.63) is 157 Å². The molecule has 0 atom stereocenters. The van der Waals surface area contributed by atoms with Gasteiger partial charge in [0.05, 0.1) is 22.8 Å². The predicted octanol–water partition coefficient (Wildman–Crippen LogP) is 11.1. The van der Waals surface area contributed by atoms with Gasteiger partial charge in [0.25, 0.3) is 0 Å². The Kier molecular flexibility index (Phi) is 5.89. The van der Waals surface area contributed by atoms with Crippen LogP contribution in [0.3, 0.4) is 0 Å². The molecule has 0 amide bonds. The van der Waals surface area contributed by atoms with Crippen LogP contribution in [0.2, 0.25) is 0 Å². The molecule has 9 aromatic rings. The molecule has 0 N–H and O–H groups in total. The van der Waals surface area contributed by atoms with E-state index < -0.39 is 0 Å². The van der Waals surface area contributed by atoms with Crippen molar-refractivity contribution >= 4 is 32.3 Å². The van der Waals surface area contributed by atoms with Crippen LogP contribution in [0, 0.1) is 0 Å². The van der Waals surface area contributed by atoms with Crippen molar-refractivity contribution in [1.82, 2.24) is 19.9 Å². The average molecular weight is 627 g/mol. The summed E-state index contributed by atoms with van der Waals surface area (Å²) in [6.45, 7) is 4.49. The third kappa shape index (κ3) is 4.24. The van der Waals surface area contributed by atoms with Crippen molar-refractivity contribution in [2.24, 2.45) is 0 Å². The number of pyridine rings is 2. The van der Waals surface area contributed by atoms with Crippen LogP contribution >= 0.6 is 0 Å². The molecule has 6 aromatic carbocycles. The summed E-state index contributed by atoms with van der Waals surface area (Å²) in [6.07, 6.45) is 3.77. The zero-order valence-electron chi connectivity index (χ0n) is 27.1. The lowest BCUT2D eigenvalue weighted by atomic mass is 9.83. The molecule has 4 nitrogen and oxygen atoms in total. The first-order valence-electron chi connectivity index (χ1n) is 16.7. The molecule has 3 heterocycles. The van der Waals surface area contributed by atoms with Crippen LogP contribution in [-0.4, -0.2) is 19.9 Å². The lowest BCUT2D eigenvalue weighted by Crippen LogP contribution is -2.15. The number of hydrogen-bond acceptors (Lipinski definition) is 4. The second-order valence-corrected chi connectivity index (χ2v) is 13.5. The van der Waals surface area contributed by atoms with Gasteiger partial charge in [0.15, 0.2) is 5.82 Å². The standard InChI is InChI=1S/C45H30N4/c1-45(2)36-12-7-23-46-42(36)43-37(45)24-33(26-47-43)39-25-38(48-44(49-39)32-8-4-3-5-9-32)28-15-13-27(14-16-28)34-21-19-31-18-17-29-10-6-11-30-20-22-35(34)41(31)40(29)30/h3-26H,1-2H3. The summed E-state index contributed by atoms with van der Waals surface area (Å²) in [7, 11) is 0. The monoisotopic (exact) mass is 626 g/mol. The molecule has 1 aliphatic rings. The fourth-order valence-electron chi connectivity index (χ4n) is 7.78. The van der Waals surface area contributed by atoms with Crippen LogP contribution in [0.1, 0.15) is 25.0 Å². The van der Waals surface area contributed by atoms with E-state index in [1.165, 1.54) is 49.0 Å². The van der Waals surface area contributed by atoms with Crippen molar-refractivity contribution in [2.75, 3.05) is 0 Å². The molecule has 0 spiro atoms. The van der Waals surface area contributed by atoms with Gasteiger partial charge in [0.2, 0.25) is 0 Å². The van der Waals surface area contributed by atoms with Crippen LogP contribution in [0.25, 0.3) is 88.7 Å². The highest BCUT2D eigenvalue weighted by atomic mass is 14.9. The molecule has 230 valence electrons. The molecule has 0 radical (unpaired) electrons. The van der Waals surface area contributed by atoms with Gasteiger partial charge in [-0.15, -0.1) is 0 Å². The van der Waals surface area contributed by atoms with E-state index in [4.69, 9.17) is 15.0 Å². The van der Waals surface area contributed by atoms with E-state index in [0.29, 0.717) is 5.82 Å². The van der Waals surface area contributed by atoms with Crippen molar-refractivity contribution in [2.45, 2.75) is 19.3 Å². The molecule has 4 heteroatoms. The lowest BCUT2D eigenvalue weighted by Gasteiger charge is -2.21. The van der Waals surface area contributed by atoms with Gasteiger partial charge >= 0.3 is 0 Å². The SMILES string of the molecule is CC1(C)c2cccnc2-c2ncc(-c3cc(-c4ccc(-c5ccc6ccc7cccc8ccc5c6c78)cc4)nc(-c4ccccc4)n3)cc21. The molecular weight excluding hydrogens is 597 g/mol. The smallest absolute Gasteiger partial charge is 0.160 e. The minimum atomic E-state index is -0.207. The van der Waals surface area contributed by atoms with Gasteiger partial charge in [-0.3, -0.25) is 9.97 Å². The fraction of sp³-hybridized carbons (Fsp3) is 0.0667. The topological polar surface area (TPSA) is 51.6 Å². The maximum atomic E-state index is 5.10. The van der Waals surface area contributed by atoms with Gasteiger partial charge in [0, 0.05) is 34.5 Å². The van der Waals surface area contributed by atoms with Crippen LogP contribution in [0.15, 0.2) is 146 Å². The summed E-state index contributed by atoms with van der Waals surface area (Å²) in [5.41, 5.74) is 11.2. The van der Waals surface area contributed by atoms with Gasteiger partial charge < -0.3 is 0 Å². The van der Waals surface area contributed by atoms with E-state index in [9.17, 15) is 0 Å². The highest BCUT2D eigenvalue weighted by Gasteiger charge is 2.37. The summed E-state index contributed by atoms with van der Waals surface area (Å²) in [4.78, 5) is 19.8. The fourth-order valence-corrected chi connectivity index (χ4v) is 7.78. The minimum absolute atomic E-state index is 0.207. The molecule has 0 saturated heterocycles. The second kappa shape index (κ2) is 10.4. The molecule has 1 aliphatic carbocycles. The Hall–Kier alpha value is -6.26. The van der Waals surface area contributed by atoms with E-state index >= 15 is 0 Å². The highest BCUT2D eigenvalue weighted by Crippen LogP contribution is 2.47. The Bertz CT molecular complexity index is 2710. The first kappa shape index (κ1) is 27.8. The van der Waals surface area contributed by atoms with Crippen molar-refractivity contribution in [1.29, 1.82) is 0 Å². The molecule has 10 rings (SSSR count). The molecule has 0 aliphatic heterocycles. The molecule has 0 bridgehead atoms. The Balaban J connectivity index is 1.09. The van der Waals surface area contributed by atoms with E-state index in [-0.39, 0.29) is 5.41 Å². The summed E-state index contributed by atoms with van der Waals surface area (Å²) in [6, 6.07) is 47.5. The van der Waals surface area contributed by atoms with Crippen LogP contribution in [0.4, 0.5) is 0 Å². The number of aromatic nitrogens is 4. The number of hydrogen-bond donors (Lipinski definition) is 0. The quantitative estimate of drug-likeness (QED) is 0.182. The van der Waals surface area contributed by atoms with E-state index in [2.05, 4.69) is 128 Å². The van der Waals surface area contributed by atoms with Gasteiger partial charge in [0.1, 0.15) is 0 Å². The number of benzene rings is 6. The van der Waals surface area contributed by atoms with Crippen LogP contribution in [-0.2, 0) is 5.41 Å². The van der Waals surface area contributed by atoms with Crippen molar-refractivity contribution < 1.29 is 0 Å². The minimum Gasteiger partial charge on any atom is -0.254 e. The number of rotatable bonds is 4. The zero-order valence-corrected chi connectivity index (χ0v) is 27.1. The second-order valence-electron chi connectivity index (χ2n) is 13.5. The van der Waals surface area contributed by atoms with Crippen molar-refractivity contribution in [3.63, 3.8) is 0 Å². The normalized spacial score (nSPS) is 13.3. The van der Waals surface area contributed by atoms with Crippen LogP contribution in [0.5, 0.6) is 0 Å². The summed E-state index contributed by atoms with van der Waals surface area (Å²) in [5.74, 6) is 0.689. The Morgan fingerprint density at radius 1 is 0.469 bits per heavy atom. The Morgan fingerprint density at radius 2 is 1.14 bits per heavy atom. The third-order valence-electron chi connectivity index (χ3n) is 10.3. The molecule has 3 aromatic heterocycles. The highest BCUT2D eigenvalue weighted by molar-refractivity contribution is 6.25. The molecule has 0 unspecified atom stereocenters. The number of nitrogens with zero attached hydrogens (tertiary/aromatic N) is 4. The molecule has 0 fully saturated rings. The Morgan fingerprint density at radius 3 is 1.94 bits per heavy atom. The number of fused-ring (bicyclic) bond motifs is 3. The zero-order chi connectivity index (χ0) is 32.7. The van der Waals surface area contributed by atoms with E-state index in [1.807, 2.05) is 36.7 Å². The van der Waals surface area contributed by atoms with E-state index in [0.717, 1.165) is 45.0 Å². The van der Waals surface area contributed by atoms with E-state index in [1.54, 1.807) is 0 Å². The lowest BCUT2D eigenvalue weighted by molar-refractivity contribution is 0.658. The predicted molar refractivity (Wildman–Crippen MR) is 201 cm³/mol. The Labute approximate surface area is 284 Å². The van der Waals surface area contributed by atoms with Gasteiger partial charge in [-0.05, 0) is 72.8 Å². The molecule has 49 heavy (non-hydrogen) atoms. The van der Waals surface area contributed by atoms with Gasteiger partial charge in [-0.25, -0.2) is 9.97 Å². The summed E-state index contributed by atoms with van der Waals surface area (Å²) >= 11 is 0. The maximum absolute atomic E-state index is 5.10. The summed E-state index contributed by atoms with van der Waals surface area (Å²) in [5, 5.41) is 7.76. The molecule has 0 saturated carbocycles. The van der Waals surface area contributed by atoms with Gasteiger partial charge in [-0.2, -0.15) is 0 Å². The largest absolute Gasteiger partial charge is 0.254 e. The molecular formula is C45H30N4. The average Bonchev–Trinajstić information content (AvgIpc) is 3.39.